The zero-order valence-electron chi connectivity index (χ0n) is 16.3. The number of ether oxygens (including phenoxy) is 2. The smallest absolute Gasteiger partial charge is 0.412 e. The topological polar surface area (TPSA) is 76.7 Å². The standard InChI is InChI=1S/C19H30N2O4/c1-13-8-9-14(20-17(23)25-19(5,6)7)12-15(13)21-16(22)24-11-10-18(2,3)4/h8-9,12H,10-11H2,1-7H3,(H,20,23)(H,21,22). The van der Waals surface area contributed by atoms with Gasteiger partial charge in [0.1, 0.15) is 5.60 Å². The predicted molar refractivity (Wildman–Crippen MR) is 100 cm³/mol. The molecule has 1 aromatic carbocycles. The molecule has 0 aliphatic rings. The molecule has 0 radical (unpaired) electrons. The normalized spacial score (nSPS) is 11.6. The SMILES string of the molecule is Cc1ccc(NC(=O)OC(C)(C)C)cc1NC(=O)OCCC(C)(C)C. The minimum absolute atomic E-state index is 0.105. The first-order chi connectivity index (χ1) is 11.4. The molecule has 0 aliphatic carbocycles. The van der Waals surface area contributed by atoms with Gasteiger partial charge >= 0.3 is 12.2 Å². The van der Waals surface area contributed by atoms with Crippen molar-refractivity contribution in [2.45, 2.75) is 60.5 Å². The molecule has 0 unspecified atom stereocenters. The van der Waals surface area contributed by atoms with Crippen LogP contribution in [0.25, 0.3) is 0 Å². The second-order valence-electron chi connectivity index (χ2n) is 8.23. The van der Waals surface area contributed by atoms with Gasteiger partial charge in [-0.1, -0.05) is 26.8 Å². The van der Waals surface area contributed by atoms with Crippen LogP contribution in [0.5, 0.6) is 0 Å². The Bertz CT molecular complexity index is 613. The predicted octanol–water partition coefficient (Wildman–Crippen LogP) is 5.33. The van der Waals surface area contributed by atoms with Gasteiger partial charge in [-0.05, 0) is 57.2 Å². The molecule has 140 valence electrons. The van der Waals surface area contributed by atoms with Crippen LogP contribution >= 0.6 is 0 Å². The van der Waals surface area contributed by atoms with E-state index in [-0.39, 0.29) is 5.41 Å². The monoisotopic (exact) mass is 350 g/mol. The number of amides is 2. The Balaban J connectivity index is 2.65. The number of hydrogen-bond donors (Lipinski definition) is 2. The van der Waals surface area contributed by atoms with Crippen molar-refractivity contribution in [1.82, 2.24) is 0 Å². The highest BCUT2D eigenvalue weighted by molar-refractivity contribution is 5.89. The maximum Gasteiger partial charge on any atom is 0.412 e. The molecular formula is C19H30N2O4. The molecule has 0 saturated carbocycles. The molecule has 0 atom stereocenters. The summed E-state index contributed by atoms with van der Waals surface area (Å²) in [5, 5.41) is 5.35. The fraction of sp³-hybridized carbons (Fsp3) is 0.579. The van der Waals surface area contributed by atoms with Crippen LogP contribution in [0.4, 0.5) is 21.0 Å². The van der Waals surface area contributed by atoms with E-state index in [1.807, 2.05) is 6.92 Å². The molecule has 6 nitrogen and oxygen atoms in total. The summed E-state index contributed by atoms with van der Waals surface area (Å²) in [5.41, 5.74) is 1.50. The zero-order chi connectivity index (χ0) is 19.3. The maximum absolute atomic E-state index is 11.9. The lowest BCUT2D eigenvalue weighted by atomic mass is 9.93. The van der Waals surface area contributed by atoms with Gasteiger partial charge < -0.3 is 9.47 Å². The number of hydrogen-bond acceptors (Lipinski definition) is 4. The van der Waals surface area contributed by atoms with E-state index in [2.05, 4.69) is 31.4 Å². The van der Waals surface area contributed by atoms with E-state index < -0.39 is 17.8 Å². The van der Waals surface area contributed by atoms with Gasteiger partial charge in [0.15, 0.2) is 0 Å². The van der Waals surface area contributed by atoms with Crippen LogP contribution in [0, 0.1) is 12.3 Å². The molecule has 2 N–H and O–H groups in total. The lowest BCUT2D eigenvalue weighted by molar-refractivity contribution is 0.0636. The molecule has 1 rings (SSSR count). The molecule has 0 fully saturated rings. The van der Waals surface area contributed by atoms with Gasteiger partial charge in [-0.2, -0.15) is 0 Å². The van der Waals surface area contributed by atoms with Crippen LogP contribution in [0.1, 0.15) is 53.5 Å². The van der Waals surface area contributed by atoms with Crippen LogP contribution in [-0.2, 0) is 9.47 Å². The van der Waals surface area contributed by atoms with Crippen LogP contribution in [0.2, 0.25) is 0 Å². The van der Waals surface area contributed by atoms with Crippen molar-refractivity contribution >= 4 is 23.6 Å². The number of anilines is 2. The molecule has 0 heterocycles. The van der Waals surface area contributed by atoms with Crippen molar-refractivity contribution in [2.24, 2.45) is 5.41 Å². The Labute approximate surface area is 150 Å². The summed E-state index contributed by atoms with van der Waals surface area (Å²) >= 11 is 0. The summed E-state index contributed by atoms with van der Waals surface area (Å²) in [6.45, 7) is 13.9. The van der Waals surface area contributed by atoms with Crippen molar-refractivity contribution < 1.29 is 19.1 Å². The highest BCUT2D eigenvalue weighted by Gasteiger charge is 2.17. The summed E-state index contributed by atoms with van der Waals surface area (Å²) in [6, 6.07) is 5.22. The Morgan fingerprint density at radius 2 is 1.64 bits per heavy atom. The average Bonchev–Trinajstić information content (AvgIpc) is 2.38. The second-order valence-corrected chi connectivity index (χ2v) is 8.23. The third-order valence-corrected chi connectivity index (χ3v) is 3.20. The summed E-state index contributed by atoms with van der Waals surface area (Å²) in [7, 11) is 0. The summed E-state index contributed by atoms with van der Waals surface area (Å²) in [4.78, 5) is 23.8. The minimum atomic E-state index is -0.577. The van der Waals surface area contributed by atoms with Crippen molar-refractivity contribution in [3.63, 3.8) is 0 Å². The molecule has 2 amide bonds. The Kier molecular flexibility index (Phi) is 6.85. The Morgan fingerprint density at radius 3 is 2.20 bits per heavy atom. The van der Waals surface area contributed by atoms with E-state index in [1.54, 1.807) is 39.0 Å². The van der Waals surface area contributed by atoms with Crippen molar-refractivity contribution in [3.8, 4) is 0 Å². The highest BCUT2D eigenvalue weighted by atomic mass is 16.6. The first-order valence-corrected chi connectivity index (χ1v) is 8.40. The third-order valence-electron chi connectivity index (χ3n) is 3.20. The number of carbonyl (C=O) groups is 2. The quantitative estimate of drug-likeness (QED) is 0.770. The number of benzene rings is 1. The molecule has 25 heavy (non-hydrogen) atoms. The number of aryl methyl sites for hydroxylation is 1. The van der Waals surface area contributed by atoms with Crippen molar-refractivity contribution in [1.29, 1.82) is 0 Å². The summed E-state index contributed by atoms with van der Waals surface area (Å²) in [6.07, 6.45) is -0.281. The van der Waals surface area contributed by atoms with Gasteiger partial charge in [-0.3, -0.25) is 10.6 Å². The minimum Gasteiger partial charge on any atom is -0.449 e. The fourth-order valence-corrected chi connectivity index (χ4v) is 1.85. The highest BCUT2D eigenvalue weighted by Crippen LogP contribution is 2.22. The first kappa shape index (κ1) is 20.8. The Morgan fingerprint density at radius 1 is 1.00 bits per heavy atom. The zero-order valence-corrected chi connectivity index (χ0v) is 16.3. The summed E-state index contributed by atoms with van der Waals surface area (Å²) in [5.74, 6) is 0. The lowest BCUT2D eigenvalue weighted by Crippen LogP contribution is -2.27. The van der Waals surface area contributed by atoms with E-state index in [0.717, 1.165) is 12.0 Å². The van der Waals surface area contributed by atoms with E-state index >= 15 is 0 Å². The van der Waals surface area contributed by atoms with E-state index in [9.17, 15) is 9.59 Å². The van der Waals surface area contributed by atoms with Crippen LogP contribution in [0.3, 0.4) is 0 Å². The number of rotatable bonds is 4. The average molecular weight is 350 g/mol. The third kappa shape index (κ3) is 8.98. The van der Waals surface area contributed by atoms with Crippen LogP contribution in [0.15, 0.2) is 18.2 Å². The molecule has 1 aromatic rings. The summed E-state index contributed by atoms with van der Waals surface area (Å²) < 4.78 is 10.4. The molecule has 6 heteroatoms. The molecule has 0 aromatic heterocycles. The van der Waals surface area contributed by atoms with Gasteiger partial charge in [0.2, 0.25) is 0 Å². The lowest BCUT2D eigenvalue weighted by Gasteiger charge is -2.20. The fourth-order valence-electron chi connectivity index (χ4n) is 1.85. The van der Waals surface area contributed by atoms with Crippen molar-refractivity contribution in [2.75, 3.05) is 17.2 Å². The maximum atomic E-state index is 11.9. The number of carbonyl (C=O) groups excluding carboxylic acids is 2. The van der Waals surface area contributed by atoms with Gasteiger partial charge in [0, 0.05) is 11.4 Å². The molecule has 0 bridgehead atoms. The van der Waals surface area contributed by atoms with Gasteiger partial charge in [0.25, 0.3) is 0 Å². The Hall–Kier alpha value is -2.24. The second kappa shape index (κ2) is 8.23. The van der Waals surface area contributed by atoms with E-state index in [0.29, 0.717) is 18.0 Å². The van der Waals surface area contributed by atoms with Crippen LogP contribution < -0.4 is 10.6 Å². The van der Waals surface area contributed by atoms with Gasteiger partial charge in [-0.15, -0.1) is 0 Å². The van der Waals surface area contributed by atoms with E-state index in [1.165, 1.54) is 0 Å². The van der Waals surface area contributed by atoms with Gasteiger partial charge in [0.05, 0.1) is 6.61 Å². The van der Waals surface area contributed by atoms with Crippen molar-refractivity contribution in [3.05, 3.63) is 23.8 Å². The largest absolute Gasteiger partial charge is 0.449 e. The number of nitrogens with one attached hydrogen (secondary N) is 2. The molecule has 0 saturated heterocycles. The molecular weight excluding hydrogens is 320 g/mol. The van der Waals surface area contributed by atoms with E-state index in [4.69, 9.17) is 9.47 Å². The van der Waals surface area contributed by atoms with Gasteiger partial charge in [-0.25, -0.2) is 9.59 Å². The first-order valence-electron chi connectivity index (χ1n) is 8.40. The molecule has 0 aliphatic heterocycles. The van der Waals surface area contributed by atoms with Crippen LogP contribution in [-0.4, -0.2) is 24.4 Å². The molecule has 0 spiro atoms.